The third kappa shape index (κ3) is 2.53. The first-order valence-electron chi connectivity index (χ1n) is 6.80. The van der Waals surface area contributed by atoms with Crippen LogP contribution in [-0.2, 0) is 9.53 Å². The summed E-state index contributed by atoms with van der Waals surface area (Å²) >= 11 is 0. The summed E-state index contributed by atoms with van der Waals surface area (Å²) < 4.78 is 4.74. The number of hydrogen-bond donors (Lipinski definition) is 1. The number of nitrogen functional groups attached to an aromatic ring is 1. The van der Waals surface area contributed by atoms with Crippen LogP contribution in [-0.4, -0.2) is 49.6 Å². The molecule has 1 aromatic carbocycles. The number of likely N-dealkylation sites (N-methyl/N-ethyl adjacent to an activating group) is 1. The summed E-state index contributed by atoms with van der Waals surface area (Å²) in [5.74, 6) is -0.397. The van der Waals surface area contributed by atoms with Gasteiger partial charge in [0.1, 0.15) is 5.54 Å². The Labute approximate surface area is 124 Å². The minimum absolute atomic E-state index is 0.0246. The number of amides is 1. The topological polar surface area (TPSA) is 75.9 Å². The normalized spacial score (nSPS) is 17.8. The summed E-state index contributed by atoms with van der Waals surface area (Å²) in [7, 11) is 3.12. The van der Waals surface area contributed by atoms with E-state index in [-0.39, 0.29) is 5.91 Å². The van der Waals surface area contributed by atoms with E-state index in [2.05, 4.69) is 0 Å². The van der Waals surface area contributed by atoms with Crippen LogP contribution in [0.5, 0.6) is 0 Å². The molecule has 0 spiro atoms. The van der Waals surface area contributed by atoms with E-state index in [1.54, 1.807) is 30.1 Å². The Morgan fingerprint density at radius 3 is 2.62 bits per heavy atom. The van der Waals surface area contributed by atoms with Crippen LogP contribution in [0.15, 0.2) is 18.2 Å². The van der Waals surface area contributed by atoms with Gasteiger partial charge in [-0.1, -0.05) is 0 Å². The molecule has 2 N–H and O–H groups in total. The van der Waals surface area contributed by atoms with Crippen LogP contribution in [0.25, 0.3) is 0 Å². The van der Waals surface area contributed by atoms with Crippen LogP contribution in [0.4, 0.5) is 11.4 Å². The first kappa shape index (κ1) is 15.2. The van der Waals surface area contributed by atoms with E-state index >= 15 is 0 Å². The third-order valence-corrected chi connectivity index (χ3v) is 3.95. The van der Waals surface area contributed by atoms with E-state index in [0.29, 0.717) is 30.0 Å². The minimum atomic E-state index is -0.712. The van der Waals surface area contributed by atoms with Crippen LogP contribution in [0, 0.1) is 0 Å². The van der Waals surface area contributed by atoms with E-state index in [1.807, 2.05) is 18.7 Å². The number of carbonyl (C=O) groups is 2. The molecule has 1 aliphatic heterocycles. The van der Waals surface area contributed by atoms with Gasteiger partial charge in [-0.3, -0.25) is 4.79 Å². The second-order valence-electron chi connectivity index (χ2n) is 5.70. The van der Waals surface area contributed by atoms with Crippen molar-refractivity contribution in [3.63, 3.8) is 0 Å². The minimum Gasteiger partial charge on any atom is -0.465 e. The van der Waals surface area contributed by atoms with Gasteiger partial charge in [-0.2, -0.15) is 0 Å². The van der Waals surface area contributed by atoms with Crippen LogP contribution >= 0.6 is 0 Å². The van der Waals surface area contributed by atoms with Crippen molar-refractivity contribution in [3.8, 4) is 0 Å². The first-order chi connectivity index (χ1) is 9.78. The molecule has 1 saturated heterocycles. The van der Waals surface area contributed by atoms with Gasteiger partial charge in [0.25, 0.3) is 0 Å². The lowest BCUT2D eigenvalue weighted by atomic mass is 9.96. The summed E-state index contributed by atoms with van der Waals surface area (Å²) in [6, 6.07) is 4.97. The van der Waals surface area contributed by atoms with Gasteiger partial charge >= 0.3 is 5.97 Å². The molecule has 0 aromatic heterocycles. The highest BCUT2D eigenvalue weighted by Gasteiger charge is 2.41. The molecular formula is C15H21N3O3. The lowest BCUT2D eigenvalue weighted by Crippen LogP contribution is -2.62. The van der Waals surface area contributed by atoms with Gasteiger partial charge in [0.05, 0.1) is 24.0 Å². The molecule has 1 heterocycles. The number of esters is 1. The average molecular weight is 291 g/mol. The van der Waals surface area contributed by atoms with Crippen molar-refractivity contribution in [3.05, 3.63) is 23.8 Å². The van der Waals surface area contributed by atoms with Crippen molar-refractivity contribution >= 4 is 23.3 Å². The number of nitrogens with zero attached hydrogens (tertiary/aromatic N) is 2. The van der Waals surface area contributed by atoms with Gasteiger partial charge in [0, 0.05) is 20.1 Å². The van der Waals surface area contributed by atoms with Crippen LogP contribution in [0.1, 0.15) is 24.2 Å². The molecule has 0 saturated carbocycles. The standard InChI is InChI=1S/C15H21N3O3/c1-15(2)14(20)17(3)7-8-18(15)12-9-10(13(19)21-4)5-6-11(12)16/h5-6,9H,7-8,16H2,1-4H3. The van der Waals surface area contributed by atoms with E-state index < -0.39 is 11.5 Å². The highest BCUT2D eigenvalue weighted by molar-refractivity contribution is 5.95. The number of methoxy groups -OCH3 is 1. The molecule has 1 amide bonds. The Bertz CT molecular complexity index is 584. The Kier molecular flexibility index (Phi) is 3.80. The SMILES string of the molecule is COC(=O)c1ccc(N)c(N2CCN(C)C(=O)C2(C)C)c1. The Morgan fingerprint density at radius 1 is 1.33 bits per heavy atom. The van der Waals surface area contributed by atoms with Gasteiger partial charge < -0.3 is 20.3 Å². The Morgan fingerprint density at radius 2 is 2.00 bits per heavy atom. The number of rotatable bonds is 2. The number of ether oxygens (including phenoxy) is 1. The quantitative estimate of drug-likeness (QED) is 0.652. The van der Waals surface area contributed by atoms with E-state index in [4.69, 9.17) is 10.5 Å². The predicted octanol–water partition coefficient (Wildman–Crippen LogP) is 1.11. The molecule has 0 bridgehead atoms. The lowest BCUT2D eigenvalue weighted by molar-refractivity contribution is -0.136. The van der Waals surface area contributed by atoms with Crippen molar-refractivity contribution in [1.82, 2.24) is 4.90 Å². The summed E-state index contributed by atoms with van der Waals surface area (Å²) in [6.07, 6.45) is 0. The average Bonchev–Trinajstić information content (AvgIpc) is 2.45. The van der Waals surface area contributed by atoms with Crippen molar-refractivity contribution in [2.75, 3.05) is 37.9 Å². The second kappa shape index (κ2) is 5.27. The van der Waals surface area contributed by atoms with Crippen molar-refractivity contribution in [2.24, 2.45) is 0 Å². The molecular weight excluding hydrogens is 270 g/mol. The number of carbonyl (C=O) groups excluding carboxylic acids is 2. The monoisotopic (exact) mass is 291 g/mol. The van der Waals surface area contributed by atoms with Crippen LogP contribution in [0.2, 0.25) is 0 Å². The molecule has 0 unspecified atom stereocenters. The summed E-state index contributed by atoms with van der Waals surface area (Å²) in [4.78, 5) is 27.7. The maximum absolute atomic E-state index is 12.4. The zero-order valence-corrected chi connectivity index (χ0v) is 12.8. The van der Waals surface area contributed by atoms with E-state index in [1.165, 1.54) is 7.11 Å². The van der Waals surface area contributed by atoms with Crippen molar-refractivity contribution in [2.45, 2.75) is 19.4 Å². The van der Waals surface area contributed by atoms with Crippen LogP contribution < -0.4 is 10.6 Å². The molecule has 1 fully saturated rings. The largest absolute Gasteiger partial charge is 0.465 e. The number of piperazine rings is 1. The third-order valence-electron chi connectivity index (χ3n) is 3.95. The molecule has 114 valence electrons. The van der Waals surface area contributed by atoms with Crippen LogP contribution in [0.3, 0.4) is 0 Å². The lowest BCUT2D eigenvalue weighted by Gasteiger charge is -2.46. The van der Waals surface area contributed by atoms with Gasteiger partial charge in [-0.15, -0.1) is 0 Å². The summed E-state index contributed by atoms with van der Waals surface area (Å²) in [6.45, 7) is 4.98. The van der Waals surface area contributed by atoms with Gasteiger partial charge in [-0.25, -0.2) is 4.79 Å². The van der Waals surface area contributed by atoms with E-state index in [0.717, 1.165) is 0 Å². The van der Waals surface area contributed by atoms with Crippen molar-refractivity contribution < 1.29 is 14.3 Å². The Balaban J connectivity index is 2.45. The van der Waals surface area contributed by atoms with Gasteiger partial charge in [0.2, 0.25) is 5.91 Å². The molecule has 2 rings (SSSR count). The number of anilines is 2. The number of hydrogen-bond acceptors (Lipinski definition) is 5. The molecule has 0 atom stereocenters. The highest BCUT2D eigenvalue weighted by atomic mass is 16.5. The predicted molar refractivity (Wildman–Crippen MR) is 81.3 cm³/mol. The maximum atomic E-state index is 12.4. The molecule has 1 aromatic rings. The summed E-state index contributed by atoms with van der Waals surface area (Å²) in [5.41, 5.74) is 6.97. The van der Waals surface area contributed by atoms with Crippen molar-refractivity contribution in [1.29, 1.82) is 0 Å². The first-order valence-corrected chi connectivity index (χ1v) is 6.80. The molecule has 6 nitrogen and oxygen atoms in total. The molecule has 21 heavy (non-hydrogen) atoms. The second-order valence-corrected chi connectivity index (χ2v) is 5.70. The zero-order chi connectivity index (χ0) is 15.8. The summed E-state index contributed by atoms with van der Waals surface area (Å²) in [5, 5.41) is 0. The number of nitrogens with two attached hydrogens (primary N) is 1. The maximum Gasteiger partial charge on any atom is 0.337 e. The highest BCUT2D eigenvalue weighted by Crippen LogP contribution is 2.33. The molecule has 1 aliphatic rings. The Hall–Kier alpha value is -2.24. The fourth-order valence-corrected chi connectivity index (χ4v) is 2.66. The number of benzene rings is 1. The molecule has 0 aliphatic carbocycles. The van der Waals surface area contributed by atoms with Gasteiger partial charge in [-0.05, 0) is 32.0 Å². The molecule has 6 heteroatoms. The molecule has 0 radical (unpaired) electrons. The fraction of sp³-hybridized carbons (Fsp3) is 0.467. The fourth-order valence-electron chi connectivity index (χ4n) is 2.66. The van der Waals surface area contributed by atoms with Gasteiger partial charge in [0.15, 0.2) is 0 Å². The van der Waals surface area contributed by atoms with E-state index in [9.17, 15) is 9.59 Å². The zero-order valence-electron chi connectivity index (χ0n) is 12.8. The smallest absolute Gasteiger partial charge is 0.337 e.